The van der Waals surface area contributed by atoms with Crippen LogP contribution < -0.4 is 5.46 Å². The summed E-state index contributed by atoms with van der Waals surface area (Å²) in [6, 6.07) is 9.36. The summed E-state index contributed by atoms with van der Waals surface area (Å²) in [5.74, 6) is 0. The van der Waals surface area contributed by atoms with Crippen molar-refractivity contribution in [1.82, 2.24) is 9.78 Å². The Hall–Kier alpha value is -2.10. The van der Waals surface area contributed by atoms with E-state index in [4.69, 9.17) is 14.6 Å². The van der Waals surface area contributed by atoms with Crippen LogP contribution in [-0.2, 0) is 9.31 Å². The van der Waals surface area contributed by atoms with Gasteiger partial charge in [-0.2, -0.15) is 10.4 Å². The van der Waals surface area contributed by atoms with Gasteiger partial charge >= 0.3 is 7.12 Å². The van der Waals surface area contributed by atoms with E-state index >= 15 is 0 Å². The lowest BCUT2D eigenvalue weighted by molar-refractivity contribution is 0.00578. The van der Waals surface area contributed by atoms with Crippen LogP contribution in [-0.4, -0.2) is 28.1 Å². The molecule has 1 saturated heterocycles. The van der Waals surface area contributed by atoms with E-state index in [0.717, 1.165) is 11.2 Å². The number of aromatic nitrogens is 2. The molecular formula is C16H18BN3O2. The zero-order valence-electron chi connectivity index (χ0n) is 13.2. The summed E-state index contributed by atoms with van der Waals surface area (Å²) in [5.41, 5.74) is 1.66. The second-order valence-electron chi connectivity index (χ2n) is 6.47. The van der Waals surface area contributed by atoms with Gasteiger partial charge in [-0.25, -0.2) is 4.68 Å². The van der Waals surface area contributed by atoms with Gasteiger partial charge in [0.05, 0.1) is 28.5 Å². The summed E-state index contributed by atoms with van der Waals surface area (Å²) in [6.07, 6.45) is 3.64. The lowest BCUT2D eigenvalue weighted by atomic mass is 9.82. The van der Waals surface area contributed by atoms with Gasteiger partial charge in [-0.15, -0.1) is 0 Å². The molecule has 1 aliphatic rings. The fraction of sp³-hybridized carbons (Fsp3) is 0.375. The quantitative estimate of drug-likeness (QED) is 0.796. The Balaban J connectivity index is 1.84. The summed E-state index contributed by atoms with van der Waals surface area (Å²) >= 11 is 0. The number of hydrogen-bond acceptors (Lipinski definition) is 4. The molecule has 2 aromatic rings. The van der Waals surface area contributed by atoms with E-state index < -0.39 is 7.12 Å². The van der Waals surface area contributed by atoms with Crippen molar-refractivity contribution >= 4 is 12.6 Å². The molecule has 0 bridgehead atoms. The van der Waals surface area contributed by atoms with Crippen LogP contribution >= 0.6 is 0 Å². The normalized spacial score (nSPS) is 19.1. The average Bonchev–Trinajstić information content (AvgIpc) is 3.03. The Morgan fingerprint density at radius 3 is 2.23 bits per heavy atom. The van der Waals surface area contributed by atoms with Crippen LogP contribution in [0.4, 0.5) is 0 Å². The van der Waals surface area contributed by atoms with Crippen LogP contribution in [0.3, 0.4) is 0 Å². The molecule has 0 aliphatic carbocycles. The molecule has 2 heterocycles. The van der Waals surface area contributed by atoms with Crippen molar-refractivity contribution in [3.63, 3.8) is 0 Å². The summed E-state index contributed by atoms with van der Waals surface area (Å²) in [4.78, 5) is 0. The molecule has 0 spiro atoms. The maximum absolute atomic E-state index is 8.84. The minimum absolute atomic E-state index is 0.367. The highest BCUT2D eigenvalue weighted by atomic mass is 16.7. The van der Waals surface area contributed by atoms with Crippen LogP contribution in [0.5, 0.6) is 0 Å². The molecule has 1 fully saturated rings. The van der Waals surface area contributed by atoms with Gasteiger partial charge in [0.25, 0.3) is 0 Å². The summed E-state index contributed by atoms with van der Waals surface area (Å²) in [6.45, 7) is 8.10. The molecule has 3 rings (SSSR count). The van der Waals surface area contributed by atoms with Gasteiger partial charge in [-0.05, 0) is 52.0 Å². The highest BCUT2D eigenvalue weighted by Crippen LogP contribution is 2.36. The second kappa shape index (κ2) is 4.97. The van der Waals surface area contributed by atoms with Crippen LogP contribution in [0.15, 0.2) is 36.7 Å². The third-order valence-electron chi connectivity index (χ3n) is 4.39. The summed E-state index contributed by atoms with van der Waals surface area (Å²) < 4.78 is 13.8. The van der Waals surface area contributed by atoms with Crippen molar-refractivity contribution in [1.29, 1.82) is 5.26 Å². The van der Waals surface area contributed by atoms with Crippen molar-refractivity contribution in [3.8, 4) is 11.8 Å². The highest BCUT2D eigenvalue weighted by molar-refractivity contribution is 6.62. The molecule has 1 aliphatic heterocycles. The van der Waals surface area contributed by atoms with E-state index in [2.05, 4.69) is 11.2 Å². The number of hydrogen-bond donors (Lipinski definition) is 0. The summed E-state index contributed by atoms with van der Waals surface area (Å²) in [5, 5.41) is 13.2. The molecular weight excluding hydrogens is 277 g/mol. The predicted octanol–water partition coefficient (Wildman–Crippen LogP) is 2.04. The predicted molar refractivity (Wildman–Crippen MR) is 84.0 cm³/mol. The van der Waals surface area contributed by atoms with Crippen LogP contribution in [0, 0.1) is 11.3 Å². The van der Waals surface area contributed by atoms with Gasteiger partial charge in [0.2, 0.25) is 0 Å². The molecule has 6 heteroatoms. The molecule has 22 heavy (non-hydrogen) atoms. The number of nitriles is 1. The highest BCUT2D eigenvalue weighted by Gasteiger charge is 2.52. The van der Waals surface area contributed by atoms with E-state index in [-0.39, 0.29) is 11.2 Å². The van der Waals surface area contributed by atoms with Crippen LogP contribution in [0.1, 0.15) is 33.3 Å². The van der Waals surface area contributed by atoms with Crippen molar-refractivity contribution in [3.05, 3.63) is 42.2 Å². The standard InChI is InChI=1S/C16H18BN3O2/c1-15(2)16(3,4)22-17(21-15)13-10-19-20(11-13)14-7-5-12(9-18)6-8-14/h5-8,10-11H,1-4H3. The van der Waals surface area contributed by atoms with E-state index in [1.807, 2.05) is 46.0 Å². The SMILES string of the molecule is CC1(C)OB(c2cnn(-c3ccc(C#N)cc3)c2)OC1(C)C. The molecule has 0 radical (unpaired) electrons. The maximum atomic E-state index is 8.84. The first-order valence-corrected chi connectivity index (χ1v) is 7.23. The Labute approximate surface area is 130 Å². The van der Waals surface area contributed by atoms with E-state index in [1.54, 1.807) is 23.0 Å². The average molecular weight is 295 g/mol. The molecule has 0 unspecified atom stereocenters. The van der Waals surface area contributed by atoms with Crippen molar-refractivity contribution in [2.75, 3.05) is 0 Å². The Morgan fingerprint density at radius 2 is 1.68 bits per heavy atom. The maximum Gasteiger partial charge on any atom is 0.498 e. The van der Waals surface area contributed by atoms with Crippen molar-refractivity contribution in [2.24, 2.45) is 0 Å². The first-order chi connectivity index (χ1) is 10.3. The van der Waals surface area contributed by atoms with E-state index in [0.29, 0.717) is 5.56 Å². The molecule has 0 amide bonds. The van der Waals surface area contributed by atoms with E-state index in [1.165, 1.54) is 0 Å². The van der Waals surface area contributed by atoms with Crippen LogP contribution in [0.2, 0.25) is 0 Å². The van der Waals surface area contributed by atoms with Gasteiger partial charge in [0.1, 0.15) is 0 Å². The fourth-order valence-electron chi connectivity index (χ4n) is 2.27. The fourth-order valence-corrected chi connectivity index (χ4v) is 2.27. The zero-order valence-corrected chi connectivity index (χ0v) is 13.2. The first kappa shape index (κ1) is 14.8. The molecule has 5 nitrogen and oxygen atoms in total. The monoisotopic (exact) mass is 295 g/mol. The largest absolute Gasteiger partial charge is 0.498 e. The molecule has 112 valence electrons. The van der Waals surface area contributed by atoms with Gasteiger partial charge in [0.15, 0.2) is 0 Å². The van der Waals surface area contributed by atoms with Gasteiger partial charge in [0, 0.05) is 17.9 Å². The van der Waals surface area contributed by atoms with Crippen molar-refractivity contribution in [2.45, 2.75) is 38.9 Å². The molecule has 1 aromatic carbocycles. The Kier molecular flexibility index (Phi) is 3.35. The Bertz CT molecular complexity index is 713. The number of nitrogens with zero attached hydrogens (tertiary/aromatic N) is 3. The van der Waals surface area contributed by atoms with Crippen LogP contribution in [0.25, 0.3) is 5.69 Å². The minimum Gasteiger partial charge on any atom is -0.399 e. The molecule has 0 saturated carbocycles. The van der Waals surface area contributed by atoms with Gasteiger partial charge in [-0.3, -0.25) is 0 Å². The minimum atomic E-state index is -0.419. The Morgan fingerprint density at radius 1 is 1.09 bits per heavy atom. The smallest absolute Gasteiger partial charge is 0.399 e. The number of benzene rings is 1. The molecule has 1 aromatic heterocycles. The second-order valence-corrected chi connectivity index (χ2v) is 6.47. The lowest BCUT2D eigenvalue weighted by Crippen LogP contribution is -2.41. The molecule has 0 N–H and O–H groups in total. The van der Waals surface area contributed by atoms with Gasteiger partial charge in [-0.1, -0.05) is 0 Å². The van der Waals surface area contributed by atoms with Crippen molar-refractivity contribution < 1.29 is 9.31 Å². The zero-order chi connectivity index (χ0) is 16.0. The third-order valence-corrected chi connectivity index (χ3v) is 4.39. The first-order valence-electron chi connectivity index (χ1n) is 7.23. The van der Waals surface area contributed by atoms with E-state index in [9.17, 15) is 0 Å². The lowest BCUT2D eigenvalue weighted by Gasteiger charge is -2.32. The topological polar surface area (TPSA) is 60.1 Å². The van der Waals surface area contributed by atoms with Gasteiger partial charge < -0.3 is 9.31 Å². The molecule has 0 atom stereocenters. The number of rotatable bonds is 2. The third kappa shape index (κ3) is 2.43. The summed E-state index contributed by atoms with van der Waals surface area (Å²) in [7, 11) is -0.419.